The second-order valence-electron chi connectivity index (χ2n) is 7.65. The van der Waals surface area contributed by atoms with Crippen LogP contribution in [0, 0.1) is 11.8 Å². The lowest BCUT2D eigenvalue weighted by atomic mass is 9.78. The molecular formula is C20H26N4O4. The van der Waals surface area contributed by atoms with E-state index in [1.54, 1.807) is 30.9 Å². The zero-order valence-corrected chi connectivity index (χ0v) is 16.0. The van der Waals surface area contributed by atoms with Crippen LogP contribution in [0.15, 0.2) is 36.9 Å². The van der Waals surface area contributed by atoms with E-state index < -0.39 is 12.1 Å². The van der Waals surface area contributed by atoms with Gasteiger partial charge in [0.25, 0.3) is 0 Å². The first-order valence-electron chi connectivity index (χ1n) is 9.70. The van der Waals surface area contributed by atoms with Crippen molar-refractivity contribution in [3.8, 4) is 5.75 Å². The number of hydrogen-bond donors (Lipinski definition) is 1. The Morgan fingerprint density at radius 3 is 2.82 bits per heavy atom. The van der Waals surface area contributed by atoms with E-state index in [0.717, 1.165) is 39.0 Å². The highest BCUT2D eigenvalue weighted by Gasteiger charge is 2.42. The number of ether oxygens (including phenoxy) is 2. The van der Waals surface area contributed by atoms with Gasteiger partial charge in [-0.3, -0.25) is 4.68 Å². The molecule has 2 heterocycles. The first-order chi connectivity index (χ1) is 13.6. The zero-order chi connectivity index (χ0) is 19.5. The number of aliphatic hydroxyl groups excluding tert-OH is 1. The molecule has 1 aliphatic heterocycles. The Labute approximate surface area is 164 Å². The molecule has 1 aromatic heterocycles. The number of methoxy groups -OCH3 is 1. The van der Waals surface area contributed by atoms with Crippen molar-refractivity contribution in [2.75, 3.05) is 26.7 Å². The summed E-state index contributed by atoms with van der Waals surface area (Å²) in [5, 5.41) is 14.8. The fraction of sp³-hybridized carbons (Fsp3) is 0.550. The van der Waals surface area contributed by atoms with Gasteiger partial charge in [0.1, 0.15) is 24.5 Å². The summed E-state index contributed by atoms with van der Waals surface area (Å²) in [7, 11) is 1.36. The molecule has 150 valence electrons. The predicted octanol–water partition coefficient (Wildman–Crippen LogP) is 1.21. The predicted molar refractivity (Wildman–Crippen MR) is 101 cm³/mol. The highest BCUT2D eigenvalue weighted by molar-refractivity contribution is 5.89. The standard InChI is InChI=1S/C20H26N4O4/c1-27-20(26)14-3-2-4-17(7-14)28-19-9-16-11-23(10-15(16)8-18(19)25)5-6-24-13-21-12-22-24/h2-4,7,12-13,15-16,18-19,25H,5-6,8-11H2,1H3/t15-,16+,18+,19+/m0/s1. The summed E-state index contributed by atoms with van der Waals surface area (Å²) in [4.78, 5) is 18.1. The average molecular weight is 386 g/mol. The van der Waals surface area contributed by atoms with Crippen LogP contribution in [0.2, 0.25) is 0 Å². The number of aromatic nitrogens is 3. The van der Waals surface area contributed by atoms with Crippen LogP contribution in [-0.2, 0) is 11.3 Å². The smallest absolute Gasteiger partial charge is 0.337 e. The minimum atomic E-state index is -0.502. The molecule has 8 heteroatoms. The van der Waals surface area contributed by atoms with Crippen LogP contribution in [-0.4, -0.2) is 69.7 Å². The second-order valence-corrected chi connectivity index (χ2v) is 7.65. The summed E-state index contributed by atoms with van der Waals surface area (Å²) >= 11 is 0. The number of likely N-dealkylation sites (tertiary alicyclic amines) is 1. The van der Waals surface area contributed by atoms with Crippen molar-refractivity contribution in [1.82, 2.24) is 19.7 Å². The van der Waals surface area contributed by atoms with Crippen LogP contribution in [0.1, 0.15) is 23.2 Å². The number of aliphatic hydroxyl groups is 1. The third kappa shape index (κ3) is 4.18. The first-order valence-corrected chi connectivity index (χ1v) is 9.70. The zero-order valence-electron chi connectivity index (χ0n) is 16.0. The van der Waals surface area contributed by atoms with E-state index in [-0.39, 0.29) is 6.10 Å². The van der Waals surface area contributed by atoms with E-state index in [1.807, 2.05) is 10.7 Å². The number of hydrogen-bond acceptors (Lipinski definition) is 7. The van der Waals surface area contributed by atoms with Gasteiger partial charge in [-0.2, -0.15) is 5.10 Å². The summed E-state index contributed by atoms with van der Waals surface area (Å²) in [6.07, 6.45) is 4.08. The molecule has 1 N–H and O–H groups in total. The third-order valence-electron chi connectivity index (χ3n) is 5.82. The molecule has 28 heavy (non-hydrogen) atoms. The van der Waals surface area contributed by atoms with Crippen molar-refractivity contribution in [3.05, 3.63) is 42.5 Å². The monoisotopic (exact) mass is 386 g/mol. The molecule has 1 aliphatic carbocycles. The van der Waals surface area contributed by atoms with Crippen molar-refractivity contribution >= 4 is 5.97 Å². The molecule has 4 atom stereocenters. The molecule has 2 aromatic rings. The van der Waals surface area contributed by atoms with Crippen LogP contribution in [0.3, 0.4) is 0 Å². The van der Waals surface area contributed by atoms with E-state index >= 15 is 0 Å². The van der Waals surface area contributed by atoms with E-state index in [4.69, 9.17) is 9.47 Å². The number of carbonyl (C=O) groups is 1. The highest BCUT2D eigenvalue weighted by atomic mass is 16.5. The Balaban J connectivity index is 1.34. The maximum absolute atomic E-state index is 11.7. The summed E-state index contributed by atoms with van der Waals surface area (Å²) in [5.41, 5.74) is 0.448. The van der Waals surface area contributed by atoms with E-state index in [0.29, 0.717) is 23.1 Å². The van der Waals surface area contributed by atoms with Crippen LogP contribution < -0.4 is 4.74 Å². The minimum Gasteiger partial charge on any atom is -0.488 e. The summed E-state index contributed by atoms with van der Waals surface area (Å²) < 4.78 is 12.7. The number of rotatable bonds is 6. The Hall–Kier alpha value is -2.45. The van der Waals surface area contributed by atoms with Gasteiger partial charge < -0.3 is 19.5 Å². The molecule has 1 saturated heterocycles. The molecule has 2 aliphatic rings. The lowest BCUT2D eigenvalue weighted by Gasteiger charge is -2.35. The molecule has 0 spiro atoms. The Kier molecular flexibility index (Phi) is 5.59. The van der Waals surface area contributed by atoms with Gasteiger partial charge in [0.15, 0.2) is 0 Å². The quantitative estimate of drug-likeness (QED) is 0.747. The van der Waals surface area contributed by atoms with Crippen LogP contribution in [0.4, 0.5) is 0 Å². The number of carbonyl (C=O) groups excluding carboxylic acids is 1. The van der Waals surface area contributed by atoms with Crippen molar-refractivity contribution in [2.24, 2.45) is 11.8 Å². The molecule has 0 amide bonds. The number of benzene rings is 1. The Morgan fingerprint density at radius 2 is 2.07 bits per heavy atom. The summed E-state index contributed by atoms with van der Waals surface area (Å²) in [6, 6.07) is 6.94. The number of fused-ring (bicyclic) bond motifs is 1. The molecule has 4 rings (SSSR count). The van der Waals surface area contributed by atoms with Crippen LogP contribution in [0.25, 0.3) is 0 Å². The van der Waals surface area contributed by atoms with E-state index in [2.05, 4.69) is 15.0 Å². The van der Waals surface area contributed by atoms with Crippen molar-refractivity contribution in [1.29, 1.82) is 0 Å². The topological polar surface area (TPSA) is 89.7 Å². The van der Waals surface area contributed by atoms with E-state index in [9.17, 15) is 9.90 Å². The molecule has 2 fully saturated rings. The maximum atomic E-state index is 11.7. The van der Waals surface area contributed by atoms with Crippen molar-refractivity contribution < 1.29 is 19.4 Å². The maximum Gasteiger partial charge on any atom is 0.337 e. The van der Waals surface area contributed by atoms with Gasteiger partial charge in [0.2, 0.25) is 0 Å². The van der Waals surface area contributed by atoms with Gasteiger partial charge in [-0.15, -0.1) is 0 Å². The van der Waals surface area contributed by atoms with Gasteiger partial charge in [-0.1, -0.05) is 6.07 Å². The SMILES string of the molecule is COC(=O)c1cccc(O[C@@H]2C[C@@H]3CN(CCn4cncn4)C[C@@H]3C[C@H]2O)c1. The average Bonchev–Trinajstić information content (AvgIpc) is 3.35. The molecular weight excluding hydrogens is 360 g/mol. The largest absolute Gasteiger partial charge is 0.488 e. The lowest BCUT2D eigenvalue weighted by molar-refractivity contribution is -0.0231. The molecule has 1 saturated carbocycles. The summed E-state index contributed by atoms with van der Waals surface area (Å²) in [5.74, 6) is 1.19. The van der Waals surface area contributed by atoms with Crippen LogP contribution >= 0.6 is 0 Å². The molecule has 8 nitrogen and oxygen atoms in total. The fourth-order valence-electron chi connectivity index (χ4n) is 4.38. The van der Waals surface area contributed by atoms with Gasteiger partial charge in [-0.25, -0.2) is 9.78 Å². The first kappa shape index (κ1) is 18.9. The normalized spacial score (nSPS) is 27.4. The van der Waals surface area contributed by atoms with Crippen molar-refractivity contribution in [3.63, 3.8) is 0 Å². The van der Waals surface area contributed by atoms with Gasteiger partial charge in [-0.05, 0) is 42.9 Å². The summed E-state index contributed by atoms with van der Waals surface area (Å²) in [6.45, 7) is 3.76. The highest BCUT2D eigenvalue weighted by Crippen LogP contribution is 2.38. The number of esters is 1. The van der Waals surface area contributed by atoms with Gasteiger partial charge >= 0.3 is 5.97 Å². The van der Waals surface area contributed by atoms with Gasteiger partial charge in [0.05, 0.1) is 25.3 Å². The molecule has 0 bridgehead atoms. The van der Waals surface area contributed by atoms with Crippen LogP contribution in [0.5, 0.6) is 5.75 Å². The Bertz CT molecular complexity index is 797. The third-order valence-corrected chi connectivity index (χ3v) is 5.82. The van der Waals surface area contributed by atoms with E-state index in [1.165, 1.54) is 7.11 Å². The molecule has 0 radical (unpaired) electrons. The molecule has 0 unspecified atom stereocenters. The van der Waals surface area contributed by atoms with Crippen molar-refractivity contribution in [2.45, 2.75) is 31.6 Å². The minimum absolute atomic E-state index is 0.260. The lowest BCUT2D eigenvalue weighted by Crippen LogP contribution is -2.42. The van der Waals surface area contributed by atoms with Gasteiger partial charge in [0, 0.05) is 19.6 Å². The fourth-order valence-corrected chi connectivity index (χ4v) is 4.38. The Morgan fingerprint density at radius 1 is 1.25 bits per heavy atom. The second kappa shape index (κ2) is 8.28. The molecule has 1 aromatic carbocycles. The number of nitrogens with zero attached hydrogens (tertiary/aromatic N) is 4.